The molecule has 2 N–H and O–H groups in total. The smallest absolute Gasteiger partial charge is 0.251 e. The van der Waals surface area contributed by atoms with E-state index in [2.05, 4.69) is 10.6 Å². The van der Waals surface area contributed by atoms with Crippen LogP contribution in [-0.4, -0.2) is 18.9 Å². The van der Waals surface area contributed by atoms with Crippen molar-refractivity contribution in [3.05, 3.63) is 102 Å². The Morgan fingerprint density at radius 2 is 1.59 bits per heavy atom. The van der Waals surface area contributed by atoms with Gasteiger partial charge in [0.2, 0.25) is 5.91 Å². The molecule has 0 saturated heterocycles. The maximum atomic E-state index is 12.2. The van der Waals surface area contributed by atoms with Crippen molar-refractivity contribution in [2.45, 2.75) is 6.54 Å². The van der Waals surface area contributed by atoms with Crippen LogP contribution in [0.15, 0.2) is 84.9 Å². The van der Waals surface area contributed by atoms with Crippen molar-refractivity contribution in [1.29, 1.82) is 0 Å². The fourth-order valence-electron chi connectivity index (χ4n) is 2.66. The number of carbonyl (C=O) groups is 2. The van der Waals surface area contributed by atoms with Crippen molar-refractivity contribution >= 4 is 23.6 Å². The van der Waals surface area contributed by atoms with Crippen LogP contribution in [0.5, 0.6) is 5.75 Å². The summed E-state index contributed by atoms with van der Waals surface area (Å²) in [6.45, 7) is 0.467. The third-order valence-corrected chi connectivity index (χ3v) is 4.25. The minimum atomic E-state index is -0.248. The van der Waals surface area contributed by atoms with Crippen LogP contribution in [0.2, 0.25) is 0 Å². The van der Waals surface area contributed by atoms with E-state index in [4.69, 9.17) is 4.74 Å². The molecule has 0 saturated carbocycles. The van der Waals surface area contributed by atoms with Gasteiger partial charge in [0.1, 0.15) is 5.75 Å². The number of hydrogen-bond acceptors (Lipinski definition) is 3. The summed E-state index contributed by atoms with van der Waals surface area (Å²) in [5.74, 6) is 0.354. The molecule has 0 radical (unpaired) electrons. The maximum absolute atomic E-state index is 12.2. The molecule has 0 heterocycles. The highest BCUT2D eigenvalue weighted by Crippen LogP contribution is 2.13. The van der Waals surface area contributed by atoms with E-state index in [-0.39, 0.29) is 11.8 Å². The van der Waals surface area contributed by atoms with E-state index in [0.717, 1.165) is 16.9 Å². The molecule has 0 fully saturated rings. The Bertz CT molecular complexity index is 979. The van der Waals surface area contributed by atoms with E-state index in [1.54, 1.807) is 37.5 Å². The van der Waals surface area contributed by atoms with Gasteiger partial charge >= 0.3 is 0 Å². The van der Waals surface area contributed by atoms with E-state index in [1.165, 1.54) is 6.08 Å². The summed E-state index contributed by atoms with van der Waals surface area (Å²) in [5.41, 5.74) is 3.08. The molecule has 0 spiro atoms. The summed E-state index contributed by atoms with van der Waals surface area (Å²) >= 11 is 0. The maximum Gasteiger partial charge on any atom is 0.251 e. The topological polar surface area (TPSA) is 67.4 Å². The number of benzene rings is 3. The summed E-state index contributed by atoms with van der Waals surface area (Å²) in [7, 11) is 1.61. The molecule has 3 aromatic carbocycles. The lowest BCUT2D eigenvalue weighted by atomic mass is 10.1. The number of hydrogen-bond donors (Lipinski definition) is 2. The highest BCUT2D eigenvalue weighted by Gasteiger charge is 2.06. The van der Waals surface area contributed by atoms with Gasteiger partial charge in [0, 0.05) is 23.9 Å². The molecule has 2 amide bonds. The van der Waals surface area contributed by atoms with E-state index < -0.39 is 0 Å². The first kappa shape index (κ1) is 19.9. The number of amides is 2. The highest BCUT2D eigenvalue weighted by molar-refractivity contribution is 6.02. The molecule has 0 aliphatic carbocycles. The molecule has 0 atom stereocenters. The summed E-state index contributed by atoms with van der Waals surface area (Å²) in [6, 6.07) is 23.9. The Labute approximate surface area is 170 Å². The van der Waals surface area contributed by atoms with Gasteiger partial charge in [-0.2, -0.15) is 0 Å². The Balaban J connectivity index is 1.51. The standard InChI is InChI=1S/C24H22N2O3/c1-29-22-14-7-18(8-15-22)9-16-23(27)26-21-12-10-20(11-13-21)24(28)25-17-19-5-3-2-4-6-19/h2-16H,17H2,1H3,(H,25,28)(H,26,27)/b16-9+. The lowest BCUT2D eigenvalue weighted by Crippen LogP contribution is -2.22. The first-order chi connectivity index (χ1) is 14.1. The van der Waals surface area contributed by atoms with Crippen molar-refractivity contribution in [2.24, 2.45) is 0 Å². The first-order valence-electron chi connectivity index (χ1n) is 9.19. The Hall–Kier alpha value is -3.86. The zero-order chi connectivity index (χ0) is 20.5. The Kier molecular flexibility index (Phi) is 6.79. The molecule has 0 unspecified atom stereocenters. The number of carbonyl (C=O) groups excluding carboxylic acids is 2. The molecule has 146 valence electrons. The Morgan fingerprint density at radius 1 is 0.897 bits per heavy atom. The van der Waals surface area contributed by atoms with E-state index in [9.17, 15) is 9.59 Å². The highest BCUT2D eigenvalue weighted by atomic mass is 16.5. The van der Waals surface area contributed by atoms with Gasteiger partial charge in [-0.05, 0) is 53.6 Å². The molecular weight excluding hydrogens is 364 g/mol. The predicted octanol–water partition coefficient (Wildman–Crippen LogP) is 4.28. The Morgan fingerprint density at radius 3 is 2.24 bits per heavy atom. The minimum absolute atomic E-state index is 0.161. The average Bonchev–Trinajstić information content (AvgIpc) is 2.77. The molecule has 29 heavy (non-hydrogen) atoms. The van der Waals surface area contributed by atoms with Crippen LogP contribution in [-0.2, 0) is 11.3 Å². The summed E-state index contributed by atoms with van der Waals surface area (Å²) in [6.07, 6.45) is 3.18. The van der Waals surface area contributed by atoms with Gasteiger partial charge in [-0.25, -0.2) is 0 Å². The lowest BCUT2D eigenvalue weighted by Gasteiger charge is -2.07. The van der Waals surface area contributed by atoms with Crippen molar-refractivity contribution in [1.82, 2.24) is 5.32 Å². The number of nitrogens with one attached hydrogen (secondary N) is 2. The predicted molar refractivity (Wildman–Crippen MR) is 115 cm³/mol. The average molecular weight is 386 g/mol. The van der Waals surface area contributed by atoms with Crippen molar-refractivity contribution in [2.75, 3.05) is 12.4 Å². The molecule has 0 aromatic heterocycles. The third-order valence-electron chi connectivity index (χ3n) is 4.25. The molecule has 0 bridgehead atoms. The normalized spacial score (nSPS) is 10.5. The van der Waals surface area contributed by atoms with Gasteiger partial charge in [0.15, 0.2) is 0 Å². The number of anilines is 1. The number of rotatable bonds is 7. The van der Waals surface area contributed by atoms with Gasteiger partial charge in [-0.3, -0.25) is 9.59 Å². The SMILES string of the molecule is COc1ccc(/C=C/C(=O)Nc2ccc(C(=O)NCc3ccccc3)cc2)cc1. The fraction of sp³-hybridized carbons (Fsp3) is 0.0833. The number of methoxy groups -OCH3 is 1. The molecule has 5 nitrogen and oxygen atoms in total. The van der Waals surface area contributed by atoms with Gasteiger partial charge in [-0.15, -0.1) is 0 Å². The molecule has 5 heteroatoms. The van der Waals surface area contributed by atoms with E-state index in [1.807, 2.05) is 54.6 Å². The zero-order valence-electron chi connectivity index (χ0n) is 16.1. The van der Waals surface area contributed by atoms with Crippen LogP contribution >= 0.6 is 0 Å². The fourth-order valence-corrected chi connectivity index (χ4v) is 2.66. The molecular formula is C24H22N2O3. The van der Waals surface area contributed by atoms with Crippen molar-refractivity contribution < 1.29 is 14.3 Å². The second kappa shape index (κ2) is 9.90. The quantitative estimate of drug-likeness (QED) is 0.596. The minimum Gasteiger partial charge on any atom is -0.497 e. The van der Waals surface area contributed by atoms with Gasteiger partial charge in [0.05, 0.1) is 7.11 Å². The lowest BCUT2D eigenvalue weighted by molar-refractivity contribution is -0.111. The zero-order valence-corrected chi connectivity index (χ0v) is 16.1. The van der Waals surface area contributed by atoms with E-state index >= 15 is 0 Å². The van der Waals surface area contributed by atoms with Crippen LogP contribution in [0.3, 0.4) is 0 Å². The van der Waals surface area contributed by atoms with Crippen LogP contribution < -0.4 is 15.4 Å². The molecule has 0 aliphatic heterocycles. The monoisotopic (exact) mass is 386 g/mol. The van der Waals surface area contributed by atoms with Crippen molar-refractivity contribution in [3.8, 4) is 5.75 Å². The number of ether oxygens (including phenoxy) is 1. The third kappa shape index (κ3) is 6.07. The largest absolute Gasteiger partial charge is 0.497 e. The molecule has 3 aromatic rings. The summed E-state index contributed by atoms with van der Waals surface area (Å²) in [4.78, 5) is 24.3. The molecule has 3 rings (SSSR count). The summed E-state index contributed by atoms with van der Waals surface area (Å²) < 4.78 is 5.11. The van der Waals surface area contributed by atoms with Crippen LogP contribution in [0.4, 0.5) is 5.69 Å². The second-order valence-corrected chi connectivity index (χ2v) is 6.34. The van der Waals surface area contributed by atoms with Gasteiger partial charge < -0.3 is 15.4 Å². The van der Waals surface area contributed by atoms with Gasteiger partial charge in [-0.1, -0.05) is 42.5 Å². The first-order valence-corrected chi connectivity index (χ1v) is 9.19. The van der Waals surface area contributed by atoms with E-state index in [0.29, 0.717) is 17.8 Å². The van der Waals surface area contributed by atoms with Crippen LogP contribution in [0.25, 0.3) is 6.08 Å². The van der Waals surface area contributed by atoms with Gasteiger partial charge in [0.25, 0.3) is 5.91 Å². The molecule has 0 aliphatic rings. The van der Waals surface area contributed by atoms with Crippen LogP contribution in [0.1, 0.15) is 21.5 Å². The summed E-state index contributed by atoms with van der Waals surface area (Å²) in [5, 5.41) is 5.65. The second-order valence-electron chi connectivity index (χ2n) is 6.34. The van der Waals surface area contributed by atoms with Crippen molar-refractivity contribution in [3.63, 3.8) is 0 Å². The van der Waals surface area contributed by atoms with Crippen LogP contribution in [0, 0.1) is 0 Å².